The number of urea groups is 1. The minimum absolute atomic E-state index is 0.0374. The maximum atomic E-state index is 11.5. The molecule has 0 aromatic rings. The molecule has 8 nitrogen and oxygen atoms in total. The number of carboxylic acid groups (broad SMARTS) is 1. The molecule has 3 amide bonds. The molecular formula is C15H25F3N4O4S. The predicted octanol–water partition coefficient (Wildman–Crippen LogP) is 0.810. The fourth-order valence-electron chi connectivity index (χ4n) is 2.69. The number of rotatable bonds is 8. The minimum Gasteiger partial charge on any atom is -0.475 e. The Labute approximate surface area is 159 Å². The second-order valence-corrected chi connectivity index (χ2v) is 7.43. The molecule has 0 aromatic heterocycles. The number of halogens is 3. The van der Waals surface area contributed by atoms with Gasteiger partial charge in [-0.1, -0.05) is 6.42 Å². The fraction of sp³-hybridized carbons (Fsp3) is 0.800. The van der Waals surface area contributed by atoms with Crippen molar-refractivity contribution < 1.29 is 32.7 Å². The van der Waals surface area contributed by atoms with Gasteiger partial charge in [-0.25, -0.2) is 9.59 Å². The number of carbonyl (C=O) groups is 3. The van der Waals surface area contributed by atoms with Gasteiger partial charge in [0.05, 0.1) is 12.1 Å². The summed E-state index contributed by atoms with van der Waals surface area (Å²) in [5, 5.41) is 16.4. The van der Waals surface area contributed by atoms with Crippen molar-refractivity contribution in [2.75, 3.05) is 18.8 Å². The van der Waals surface area contributed by atoms with Gasteiger partial charge in [0.25, 0.3) is 0 Å². The number of hydrogen-bond acceptors (Lipinski definition) is 5. The Balaban J connectivity index is 0.000000445. The van der Waals surface area contributed by atoms with E-state index < -0.39 is 12.1 Å². The van der Waals surface area contributed by atoms with E-state index in [-0.39, 0.29) is 24.0 Å². The molecule has 2 aliphatic heterocycles. The maximum Gasteiger partial charge on any atom is 0.490 e. The predicted molar refractivity (Wildman–Crippen MR) is 94.3 cm³/mol. The summed E-state index contributed by atoms with van der Waals surface area (Å²) >= 11 is 1.92. The van der Waals surface area contributed by atoms with Crippen molar-refractivity contribution >= 4 is 29.7 Å². The van der Waals surface area contributed by atoms with Gasteiger partial charge in [0, 0.05) is 24.0 Å². The molecule has 0 aromatic carbocycles. The van der Waals surface area contributed by atoms with Gasteiger partial charge in [-0.05, 0) is 25.8 Å². The number of nitrogens with one attached hydrogen (secondary N) is 3. The van der Waals surface area contributed by atoms with E-state index in [0.717, 1.165) is 31.4 Å². The molecular weight excluding hydrogens is 389 g/mol. The van der Waals surface area contributed by atoms with Gasteiger partial charge in [-0.3, -0.25) is 4.79 Å². The Hall–Kier alpha value is -1.69. The van der Waals surface area contributed by atoms with Gasteiger partial charge < -0.3 is 26.8 Å². The van der Waals surface area contributed by atoms with E-state index in [9.17, 15) is 22.8 Å². The lowest BCUT2D eigenvalue weighted by molar-refractivity contribution is -0.192. The van der Waals surface area contributed by atoms with Crippen molar-refractivity contribution in [3.63, 3.8) is 0 Å². The highest BCUT2D eigenvalue weighted by molar-refractivity contribution is 8.00. The first kappa shape index (κ1) is 23.3. The Morgan fingerprint density at radius 2 is 1.93 bits per heavy atom. The Kier molecular flexibility index (Phi) is 9.70. The molecule has 2 heterocycles. The van der Waals surface area contributed by atoms with Gasteiger partial charge in [0.15, 0.2) is 0 Å². The van der Waals surface area contributed by atoms with Crippen LogP contribution in [0.2, 0.25) is 0 Å². The zero-order valence-electron chi connectivity index (χ0n) is 14.7. The van der Waals surface area contributed by atoms with E-state index in [1.54, 1.807) is 0 Å². The van der Waals surface area contributed by atoms with Crippen LogP contribution in [-0.4, -0.2) is 65.4 Å². The number of nitrogens with two attached hydrogens (primary N) is 1. The van der Waals surface area contributed by atoms with Gasteiger partial charge >= 0.3 is 18.2 Å². The topological polar surface area (TPSA) is 134 Å². The van der Waals surface area contributed by atoms with Crippen LogP contribution < -0.4 is 21.7 Å². The molecule has 3 atom stereocenters. The van der Waals surface area contributed by atoms with E-state index >= 15 is 0 Å². The van der Waals surface area contributed by atoms with Crippen molar-refractivity contribution in [1.29, 1.82) is 0 Å². The third kappa shape index (κ3) is 8.69. The molecule has 0 aliphatic carbocycles. The first-order valence-electron chi connectivity index (χ1n) is 8.60. The minimum atomic E-state index is -5.08. The van der Waals surface area contributed by atoms with E-state index in [4.69, 9.17) is 15.6 Å². The first-order chi connectivity index (χ1) is 12.6. The van der Waals surface area contributed by atoms with Crippen LogP contribution in [0.15, 0.2) is 0 Å². The summed E-state index contributed by atoms with van der Waals surface area (Å²) in [5.74, 6) is -1.65. The van der Waals surface area contributed by atoms with Crippen molar-refractivity contribution in [3.05, 3.63) is 0 Å². The standard InChI is InChI=1S/C13H24N4O2S.C2HF3O2/c14-6-3-7-15-11(18)5-2-1-4-10-12-9(8-20-10)16-13(19)17-12;3-2(4,5)1(6)7/h9-10,12H,1-8,14H2,(H,15,18)(H2,16,17,19);(H,6,7). The van der Waals surface area contributed by atoms with E-state index in [1.807, 2.05) is 11.8 Å². The SMILES string of the molecule is NCCCNC(=O)CCCCC1SCC2NC(=O)NC21.O=C(O)C(F)(F)F. The number of fused-ring (bicyclic) bond motifs is 1. The summed E-state index contributed by atoms with van der Waals surface area (Å²) < 4.78 is 31.7. The normalized spacial score (nSPS) is 23.6. The van der Waals surface area contributed by atoms with E-state index in [1.165, 1.54) is 0 Å². The van der Waals surface area contributed by atoms with E-state index in [0.29, 0.717) is 24.8 Å². The molecule has 2 aliphatic rings. The highest BCUT2D eigenvalue weighted by atomic mass is 32.2. The third-order valence-electron chi connectivity index (χ3n) is 4.03. The maximum absolute atomic E-state index is 11.5. The number of thioether (sulfide) groups is 1. The molecule has 3 unspecified atom stereocenters. The van der Waals surface area contributed by atoms with Crippen molar-refractivity contribution in [2.24, 2.45) is 5.73 Å². The van der Waals surface area contributed by atoms with Crippen LogP contribution in [0, 0.1) is 0 Å². The number of unbranched alkanes of at least 4 members (excludes halogenated alkanes) is 1. The lowest BCUT2D eigenvalue weighted by Crippen LogP contribution is -2.36. The van der Waals surface area contributed by atoms with Gasteiger partial charge in [0.2, 0.25) is 5.91 Å². The highest BCUT2D eigenvalue weighted by Crippen LogP contribution is 2.33. The van der Waals surface area contributed by atoms with Gasteiger partial charge in [0.1, 0.15) is 0 Å². The lowest BCUT2D eigenvalue weighted by Gasteiger charge is -2.16. The molecule has 0 spiro atoms. The summed E-state index contributed by atoms with van der Waals surface area (Å²) in [6.07, 6.45) is -0.671. The monoisotopic (exact) mass is 414 g/mol. The summed E-state index contributed by atoms with van der Waals surface area (Å²) in [4.78, 5) is 31.7. The quantitative estimate of drug-likeness (QED) is 0.295. The van der Waals surface area contributed by atoms with Crippen LogP contribution in [-0.2, 0) is 9.59 Å². The van der Waals surface area contributed by atoms with Crippen LogP contribution in [0.5, 0.6) is 0 Å². The molecule has 0 saturated carbocycles. The summed E-state index contributed by atoms with van der Waals surface area (Å²) in [7, 11) is 0. The Bertz CT molecular complexity index is 522. The summed E-state index contributed by atoms with van der Waals surface area (Å²) in [6, 6.07) is 0.521. The molecule has 0 bridgehead atoms. The van der Waals surface area contributed by atoms with Crippen molar-refractivity contribution in [1.82, 2.24) is 16.0 Å². The molecule has 2 fully saturated rings. The number of carbonyl (C=O) groups excluding carboxylic acids is 2. The summed E-state index contributed by atoms with van der Waals surface area (Å²) in [6.45, 7) is 1.29. The van der Waals surface area contributed by atoms with Crippen LogP contribution >= 0.6 is 11.8 Å². The largest absolute Gasteiger partial charge is 0.490 e. The molecule has 0 radical (unpaired) electrons. The molecule has 12 heteroatoms. The zero-order valence-corrected chi connectivity index (χ0v) is 15.5. The third-order valence-corrected chi connectivity index (χ3v) is 5.53. The molecule has 2 saturated heterocycles. The van der Waals surface area contributed by atoms with Crippen molar-refractivity contribution in [2.45, 2.75) is 55.6 Å². The second kappa shape index (κ2) is 11.2. The average Bonchev–Trinajstić information content (AvgIpc) is 3.11. The highest BCUT2D eigenvalue weighted by Gasteiger charge is 2.42. The van der Waals surface area contributed by atoms with Gasteiger partial charge in [-0.2, -0.15) is 24.9 Å². The van der Waals surface area contributed by atoms with E-state index in [2.05, 4.69) is 16.0 Å². The summed E-state index contributed by atoms with van der Waals surface area (Å²) in [5.41, 5.74) is 5.37. The molecule has 2 rings (SSSR count). The lowest BCUT2D eigenvalue weighted by atomic mass is 10.0. The first-order valence-corrected chi connectivity index (χ1v) is 9.65. The second-order valence-electron chi connectivity index (χ2n) is 6.16. The van der Waals surface area contributed by atoms with Crippen LogP contribution in [0.4, 0.5) is 18.0 Å². The zero-order chi connectivity index (χ0) is 20.4. The van der Waals surface area contributed by atoms with Crippen LogP contribution in [0.1, 0.15) is 32.1 Å². The Morgan fingerprint density at radius 1 is 1.26 bits per heavy atom. The number of amides is 3. The number of aliphatic carboxylic acids is 1. The molecule has 27 heavy (non-hydrogen) atoms. The number of carboxylic acids is 1. The Morgan fingerprint density at radius 3 is 2.52 bits per heavy atom. The fourth-order valence-corrected chi connectivity index (χ4v) is 4.24. The van der Waals surface area contributed by atoms with Crippen LogP contribution in [0.25, 0.3) is 0 Å². The molecule has 156 valence electrons. The van der Waals surface area contributed by atoms with Crippen LogP contribution in [0.3, 0.4) is 0 Å². The number of alkyl halides is 3. The van der Waals surface area contributed by atoms with Gasteiger partial charge in [-0.15, -0.1) is 0 Å². The average molecular weight is 414 g/mol. The smallest absolute Gasteiger partial charge is 0.475 e. The molecule has 6 N–H and O–H groups in total. The van der Waals surface area contributed by atoms with Crippen molar-refractivity contribution in [3.8, 4) is 0 Å². The number of hydrogen-bond donors (Lipinski definition) is 5.